The summed E-state index contributed by atoms with van der Waals surface area (Å²) >= 11 is 0. The van der Waals surface area contributed by atoms with Crippen molar-refractivity contribution in [1.29, 1.82) is 0 Å². The van der Waals surface area contributed by atoms with Crippen LogP contribution in [0.4, 0.5) is 4.79 Å². The van der Waals surface area contributed by atoms with Crippen molar-refractivity contribution in [2.75, 3.05) is 13.1 Å². The van der Waals surface area contributed by atoms with Gasteiger partial charge in [0.25, 0.3) is 0 Å². The van der Waals surface area contributed by atoms with Gasteiger partial charge in [0.2, 0.25) is 0 Å². The van der Waals surface area contributed by atoms with Crippen molar-refractivity contribution in [1.82, 2.24) is 4.90 Å². The quantitative estimate of drug-likeness (QED) is 0.885. The first-order valence-electron chi connectivity index (χ1n) is 8.51. The molecule has 0 radical (unpaired) electrons. The minimum Gasteiger partial charge on any atom is -0.481 e. The Morgan fingerprint density at radius 2 is 1.58 bits per heavy atom. The molecule has 1 amide bonds. The van der Waals surface area contributed by atoms with Gasteiger partial charge in [0.05, 0.1) is 5.41 Å². The van der Waals surface area contributed by atoms with Crippen molar-refractivity contribution >= 4 is 12.1 Å². The summed E-state index contributed by atoms with van der Waals surface area (Å²) in [6, 6.07) is 9.25. The van der Waals surface area contributed by atoms with Crippen molar-refractivity contribution in [2.24, 2.45) is 0 Å². The molecule has 24 heavy (non-hydrogen) atoms. The van der Waals surface area contributed by atoms with Crippen molar-refractivity contribution < 1.29 is 19.4 Å². The fourth-order valence-corrected chi connectivity index (χ4v) is 2.78. The number of amides is 1. The van der Waals surface area contributed by atoms with Gasteiger partial charge in [-0.1, -0.05) is 44.2 Å². The minimum atomic E-state index is -0.917. The van der Waals surface area contributed by atoms with Crippen LogP contribution in [0.2, 0.25) is 0 Å². The number of hydrogen-bond acceptors (Lipinski definition) is 3. The number of rotatable bonds is 2. The maximum absolute atomic E-state index is 12.1. The Kier molecular flexibility index (Phi) is 6.81. The second-order valence-electron chi connectivity index (χ2n) is 6.72. The molecule has 0 aromatic heterocycles. The van der Waals surface area contributed by atoms with E-state index in [9.17, 15) is 14.7 Å². The monoisotopic (exact) mass is 335 g/mol. The van der Waals surface area contributed by atoms with E-state index in [0.29, 0.717) is 25.9 Å². The lowest BCUT2D eigenvalue weighted by atomic mass is 9.73. The zero-order valence-electron chi connectivity index (χ0n) is 15.3. The highest BCUT2D eigenvalue weighted by atomic mass is 16.6. The van der Waals surface area contributed by atoms with Crippen molar-refractivity contribution in [2.45, 2.75) is 58.5 Å². The molecule has 0 unspecified atom stereocenters. The van der Waals surface area contributed by atoms with E-state index in [1.165, 1.54) is 0 Å². The largest absolute Gasteiger partial charge is 0.481 e. The summed E-state index contributed by atoms with van der Waals surface area (Å²) in [6.45, 7) is 10.2. The van der Waals surface area contributed by atoms with E-state index in [0.717, 1.165) is 5.56 Å². The van der Waals surface area contributed by atoms with Gasteiger partial charge in [-0.25, -0.2) is 4.79 Å². The third-order valence-electron chi connectivity index (χ3n) is 4.00. The summed E-state index contributed by atoms with van der Waals surface area (Å²) in [4.78, 5) is 25.5. The van der Waals surface area contributed by atoms with Crippen molar-refractivity contribution in [3.05, 3.63) is 35.9 Å². The van der Waals surface area contributed by atoms with Gasteiger partial charge >= 0.3 is 12.1 Å². The van der Waals surface area contributed by atoms with Crippen LogP contribution in [0, 0.1) is 0 Å². The topological polar surface area (TPSA) is 66.8 Å². The summed E-state index contributed by atoms with van der Waals surface area (Å²) in [5.74, 6) is -0.831. The number of ether oxygens (including phenoxy) is 1. The molecule has 1 aliphatic heterocycles. The van der Waals surface area contributed by atoms with Gasteiger partial charge in [-0.3, -0.25) is 4.79 Å². The molecule has 134 valence electrons. The van der Waals surface area contributed by atoms with Gasteiger partial charge in [-0.15, -0.1) is 0 Å². The van der Waals surface area contributed by atoms with E-state index < -0.39 is 17.0 Å². The fraction of sp³-hybridized carbons (Fsp3) is 0.579. The molecule has 0 aliphatic carbocycles. The third kappa shape index (κ3) is 4.73. The predicted octanol–water partition coefficient (Wildman–Crippen LogP) is 4.07. The van der Waals surface area contributed by atoms with Crippen LogP contribution in [0.25, 0.3) is 0 Å². The lowest BCUT2D eigenvalue weighted by Crippen LogP contribution is -2.50. The second kappa shape index (κ2) is 8.18. The first-order chi connectivity index (χ1) is 11.2. The van der Waals surface area contributed by atoms with Crippen LogP contribution in [-0.2, 0) is 14.9 Å². The van der Waals surface area contributed by atoms with E-state index in [1.54, 1.807) is 4.90 Å². The summed E-state index contributed by atoms with van der Waals surface area (Å²) in [5, 5.41) is 9.72. The van der Waals surface area contributed by atoms with E-state index >= 15 is 0 Å². The summed E-state index contributed by atoms with van der Waals surface area (Å²) in [5.41, 5.74) is -0.663. The van der Waals surface area contributed by atoms with E-state index in [2.05, 4.69) is 0 Å². The smallest absolute Gasteiger partial charge is 0.410 e. The number of carboxylic acid groups (broad SMARTS) is 1. The highest BCUT2D eigenvalue weighted by molar-refractivity contribution is 5.82. The fourth-order valence-electron chi connectivity index (χ4n) is 2.78. The molecule has 0 atom stereocenters. The number of piperidine rings is 1. The summed E-state index contributed by atoms with van der Waals surface area (Å²) in [7, 11) is 0. The van der Waals surface area contributed by atoms with Crippen LogP contribution >= 0.6 is 0 Å². The summed E-state index contributed by atoms with van der Waals surface area (Å²) < 4.78 is 5.35. The highest BCUT2D eigenvalue weighted by Crippen LogP contribution is 2.36. The number of benzene rings is 1. The first-order valence-corrected chi connectivity index (χ1v) is 8.51. The Morgan fingerprint density at radius 1 is 1.08 bits per heavy atom. The Hall–Kier alpha value is -2.04. The third-order valence-corrected chi connectivity index (χ3v) is 4.00. The molecule has 5 heteroatoms. The van der Waals surface area contributed by atoms with Crippen LogP contribution in [0.1, 0.15) is 53.0 Å². The zero-order chi connectivity index (χ0) is 18.4. The molecule has 2 rings (SSSR count). The van der Waals surface area contributed by atoms with Crippen molar-refractivity contribution in [3.8, 4) is 0 Å². The number of carbonyl (C=O) groups excluding carboxylic acids is 1. The number of likely N-dealkylation sites (tertiary alicyclic amines) is 1. The maximum Gasteiger partial charge on any atom is 0.410 e. The Bertz CT molecular complexity index is 540. The molecule has 5 nitrogen and oxygen atoms in total. The van der Waals surface area contributed by atoms with E-state index in [4.69, 9.17) is 4.74 Å². The first kappa shape index (κ1) is 20.0. The number of carboxylic acids is 1. The number of carbonyl (C=O) groups is 2. The van der Waals surface area contributed by atoms with Gasteiger partial charge in [-0.05, 0) is 39.2 Å². The molecule has 1 aromatic rings. The second-order valence-corrected chi connectivity index (χ2v) is 6.72. The number of nitrogens with zero attached hydrogens (tertiary/aromatic N) is 1. The minimum absolute atomic E-state index is 0.375. The van der Waals surface area contributed by atoms with Crippen LogP contribution in [0.5, 0.6) is 0 Å². The molecule has 1 aliphatic rings. The van der Waals surface area contributed by atoms with Gasteiger partial charge in [0.15, 0.2) is 0 Å². The molecule has 0 spiro atoms. The lowest BCUT2D eigenvalue weighted by Gasteiger charge is -2.39. The van der Waals surface area contributed by atoms with Gasteiger partial charge in [0, 0.05) is 13.1 Å². The average Bonchev–Trinajstić information content (AvgIpc) is 2.56. The number of aliphatic carboxylic acids is 1. The Morgan fingerprint density at radius 3 is 2.00 bits per heavy atom. The molecule has 1 saturated heterocycles. The molecule has 1 heterocycles. The van der Waals surface area contributed by atoms with Gasteiger partial charge in [0.1, 0.15) is 5.60 Å². The Balaban J connectivity index is 0.00000139. The number of hydrogen-bond donors (Lipinski definition) is 1. The summed E-state index contributed by atoms with van der Waals surface area (Å²) in [6.07, 6.45) is 0.413. The van der Waals surface area contributed by atoms with Gasteiger partial charge in [-0.2, -0.15) is 0 Å². The highest BCUT2D eigenvalue weighted by Gasteiger charge is 2.44. The molecule has 1 N–H and O–H groups in total. The molecular weight excluding hydrogens is 306 g/mol. The zero-order valence-corrected chi connectivity index (χ0v) is 15.3. The molecule has 0 bridgehead atoms. The van der Waals surface area contributed by atoms with E-state index in [1.807, 2.05) is 65.0 Å². The van der Waals surface area contributed by atoms with E-state index in [-0.39, 0.29) is 6.09 Å². The van der Waals surface area contributed by atoms with Crippen LogP contribution in [0.3, 0.4) is 0 Å². The van der Waals surface area contributed by atoms with Crippen molar-refractivity contribution in [3.63, 3.8) is 0 Å². The van der Waals surface area contributed by atoms with Crippen LogP contribution < -0.4 is 0 Å². The van der Waals surface area contributed by atoms with Gasteiger partial charge < -0.3 is 14.7 Å². The standard InChI is InChI=1S/C17H23NO4.C2H6/c1-16(2,3)22-15(21)18-11-9-17(10-12-18,14(19)20)13-7-5-4-6-8-13;1-2/h4-8H,9-12H2,1-3H3,(H,19,20);1-2H3. The molecule has 1 fully saturated rings. The van der Waals surface area contributed by atoms with Crippen LogP contribution in [-0.4, -0.2) is 40.8 Å². The molecule has 1 aromatic carbocycles. The lowest BCUT2D eigenvalue weighted by molar-refractivity contribution is -0.146. The molecular formula is C19H29NO4. The average molecular weight is 335 g/mol. The maximum atomic E-state index is 12.1. The normalized spacial score (nSPS) is 16.6. The molecule has 0 saturated carbocycles. The van der Waals surface area contributed by atoms with Crippen LogP contribution in [0.15, 0.2) is 30.3 Å². The Labute approximate surface area is 144 Å². The SMILES string of the molecule is CC.CC(C)(C)OC(=O)N1CCC(C(=O)O)(c2ccccc2)CC1. The predicted molar refractivity (Wildman–Crippen MR) is 94.1 cm³/mol.